The molecular formula is C24H30N4O3. The second kappa shape index (κ2) is 7.71. The molecule has 0 bridgehead atoms. The molecular weight excluding hydrogens is 392 g/mol. The third kappa shape index (κ3) is 3.14. The Labute approximate surface area is 183 Å². The molecule has 7 nitrogen and oxygen atoms in total. The van der Waals surface area contributed by atoms with Gasteiger partial charge in [0.25, 0.3) is 0 Å². The van der Waals surface area contributed by atoms with Crippen LogP contribution in [0.5, 0.6) is 11.5 Å². The van der Waals surface area contributed by atoms with Gasteiger partial charge in [0.15, 0.2) is 11.5 Å². The first-order chi connectivity index (χ1) is 15.1. The van der Waals surface area contributed by atoms with Gasteiger partial charge < -0.3 is 24.4 Å². The zero-order valence-corrected chi connectivity index (χ0v) is 18.4. The molecule has 3 heterocycles. The Hall–Kier alpha value is -2.80. The highest BCUT2D eigenvalue weighted by Crippen LogP contribution is 2.55. The van der Waals surface area contributed by atoms with Crippen molar-refractivity contribution >= 4 is 11.8 Å². The van der Waals surface area contributed by atoms with E-state index in [4.69, 9.17) is 14.5 Å². The summed E-state index contributed by atoms with van der Waals surface area (Å²) in [5, 5.41) is 10.3. The van der Waals surface area contributed by atoms with Gasteiger partial charge in [-0.3, -0.25) is 0 Å². The van der Waals surface area contributed by atoms with Crippen molar-refractivity contribution in [2.75, 3.05) is 36.5 Å². The van der Waals surface area contributed by atoms with Crippen LogP contribution >= 0.6 is 0 Å². The molecule has 2 aliphatic heterocycles. The largest absolute Gasteiger partial charge is 0.493 e. The molecule has 0 saturated carbocycles. The minimum absolute atomic E-state index is 0.0888. The number of rotatable bonds is 5. The number of anilines is 2. The minimum Gasteiger partial charge on any atom is -0.493 e. The maximum atomic E-state index is 10.3. The number of aliphatic hydroxyl groups excluding tert-OH is 1. The first-order valence-electron chi connectivity index (χ1n) is 11.2. The first-order valence-corrected chi connectivity index (χ1v) is 11.2. The molecule has 1 aromatic carbocycles. The van der Waals surface area contributed by atoms with Crippen LogP contribution in [0.25, 0.3) is 0 Å². The van der Waals surface area contributed by atoms with E-state index in [1.807, 2.05) is 24.4 Å². The van der Waals surface area contributed by atoms with Crippen molar-refractivity contribution in [2.45, 2.75) is 50.9 Å². The monoisotopic (exact) mass is 422 g/mol. The number of aromatic nitrogens is 2. The van der Waals surface area contributed by atoms with Crippen molar-refractivity contribution in [3.8, 4) is 11.5 Å². The molecule has 164 valence electrons. The number of benzene rings is 1. The van der Waals surface area contributed by atoms with Crippen molar-refractivity contribution in [1.29, 1.82) is 0 Å². The van der Waals surface area contributed by atoms with Gasteiger partial charge in [-0.15, -0.1) is 0 Å². The van der Waals surface area contributed by atoms with Crippen LogP contribution in [0.4, 0.5) is 11.8 Å². The van der Waals surface area contributed by atoms with Crippen LogP contribution in [-0.2, 0) is 12.0 Å². The molecule has 3 aliphatic rings. The Morgan fingerprint density at radius 2 is 2.13 bits per heavy atom. The highest BCUT2D eigenvalue weighted by molar-refractivity contribution is 5.62. The quantitative estimate of drug-likeness (QED) is 0.743. The average Bonchev–Trinajstić information content (AvgIpc) is 3.02. The Balaban J connectivity index is 1.57. The van der Waals surface area contributed by atoms with Crippen LogP contribution in [0.3, 0.4) is 0 Å². The number of hydrogen-bond donors (Lipinski definition) is 1. The molecule has 5 rings (SSSR count). The zero-order chi connectivity index (χ0) is 21.6. The smallest absolute Gasteiger partial charge is 0.227 e. The lowest BCUT2D eigenvalue weighted by molar-refractivity contribution is 0.0856. The standard InChI is InChI=1S/C24H30N4O3/c1-4-27(5-2)23-25-12-9-20(26-23)28-13-11-24-10-8-17(29)14-19(24)31-22-18(30-3)7-6-16(15-28)21(22)24/h6-10,12,17,19,29H,4-5,11,13-15H2,1-3H3/t17-,19?,24?/m0/s1. The normalized spacial score (nSPS) is 26.0. The van der Waals surface area contributed by atoms with Gasteiger partial charge in [0.2, 0.25) is 5.95 Å². The minimum atomic E-state index is -0.475. The number of methoxy groups -OCH3 is 1. The second-order valence-electron chi connectivity index (χ2n) is 8.50. The highest BCUT2D eigenvalue weighted by atomic mass is 16.5. The first kappa shape index (κ1) is 20.1. The lowest BCUT2D eigenvalue weighted by Crippen LogP contribution is -2.43. The maximum Gasteiger partial charge on any atom is 0.227 e. The van der Waals surface area contributed by atoms with Gasteiger partial charge >= 0.3 is 0 Å². The Bertz CT molecular complexity index is 1010. The van der Waals surface area contributed by atoms with Crippen LogP contribution in [0.1, 0.15) is 37.8 Å². The summed E-state index contributed by atoms with van der Waals surface area (Å²) in [5.41, 5.74) is 2.18. The fourth-order valence-corrected chi connectivity index (χ4v) is 5.31. The molecule has 0 fully saturated rings. The van der Waals surface area contributed by atoms with Gasteiger partial charge in [0.1, 0.15) is 11.9 Å². The third-order valence-electron chi connectivity index (χ3n) is 6.95. The SMILES string of the molecule is CCN(CC)c1nccc(N2CCC34C=C[C@H](O)CC3Oc3c(OC)ccc(c34)C2)n1. The number of hydrogen-bond acceptors (Lipinski definition) is 7. The van der Waals surface area contributed by atoms with Crippen LogP contribution in [0.15, 0.2) is 36.5 Å². The molecule has 3 atom stereocenters. The van der Waals surface area contributed by atoms with Crippen LogP contribution in [0, 0.1) is 0 Å². The molecule has 0 radical (unpaired) electrons. The summed E-state index contributed by atoms with van der Waals surface area (Å²) in [6.45, 7) is 7.58. The van der Waals surface area contributed by atoms with Crippen molar-refractivity contribution in [1.82, 2.24) is 9.97 Å². The van der Waals surface area contributed by atoms with Crippen molar-refractivity contribution < 1.29 is 14.6 Å². The number of aliphatic hydroxyl groups is 1. The zero-order valence-electron chi connectivity index (χ0n) is 18.4. The Morgan fingerprint density at radius 3 is 2.90 bits per heavy atom. The fraction of sp³-hybridized carbons (Fsp3) is 0.500. The number of nitrogens with zero attached hydrogens (tertiary/aromatic N) is 4. The average molecular weight is 423 g/mol. The summed E-state index contributed by atoms with van der Waals surface area (Å²) >= 11 is 0. The van der Waals surface area contributed by atoms with E-state index in [2.05, 4.69) is 40.8 Å². The van der Waals surface area contributed by atoms with Crippen LogP contribution in [-0.4, -0.2) is 54.0 Å². The Morgan fingerprint density at radius 1 is 1.29 bits per heavy atom. The Kier molecular flexibility index (Phi) is 5.01. The second-order valence-corrected chi connectivity index (χ2v) is 8.50. The summed E-state index contributed by atoms with van der Waals surface area (Å²) < 4.78 is 12.0. The van der Waals surface area contributed by atoms with Gasteiger partial charge in [0.05, 0.1) is 18.6 Å². The summed E-state index contributed by atoms with van der Waals surface area (Å²) in [5.74, 6) is 3.30. The van der Waals surface area contributed by atoms with E-state index in [9.17, 15) is 5.11 Å². The molecule has 1 aromatic heterocycles. The fourth-order valence-electron chi connectivity index (χ4n) is 5.31. The maximum absolute atomic E-state index is 10.3. The molecule has 2 unspecified atom stereocenters. The lowest BCUT2D eigenvalue weighted by Gasteiger charge is -2.36. The predicted octanol–water partition coefficient (Wildman–Crippen LogP) is 3.06. The molecule has 1 aliphatic carbocycles. The highest BCUT2D eigenvalue weighted by Gasteiger charge is 2.52. The predicted molar refractivity (Wildman–Crippen MR) is 120 cm³/mol. The molecule has 2 aromatic rings. The van der Waals surface area contributed by atoms with E-state index in [0.717, 1.165) is 55.9 Å². The summed E-state index contributed by atoms with van der Waals surface area (Å²) in [4.78, 5) is 13.9. The van der Waals surface area contributed by atoms with Crippen molar-refractivity contribution in [3.63, 3.8) is 0 Å². The molecule has 7 heteroatoms. The number of ether oxygens (including phenoxy) is 2. The van der Waals surface area contributed by atoms with E-state index in [-0.39, 0.29) is 11.5 Å². The van der Waals surface area contributed by atoms with Gasteiger partial charge in [-0.05, 0) is 38.0 Å². The van der Waals surface area contributed by atoms with Gasteiger partial charge in [0, 0.05) is 44.4 Å². The molecule has 1 N–H and O–H groups in total. The summed E-state index contributed by atoms with van der Waals surface area (Å²) in [7, 11) is 1.68. The van der Waals surface area contributed by atoms with Crippen molar-refractivity contribution in [2.24, 2.45) is 0 Å². The van der Waals surface area contributed by atoms with Gasteiger partial charge in [-0.1, -0.05) is 18.2 Å². The summed E-state index contributed by atoms with van der Waals surface area (Å²) in [6.07, 6.45) is 6.87. The molecule has 1 spiro atoms. The van der Waals surface area contributed by atoms with E-state index in [1.54, 1.807) is 7.11 Å². The van der Waals surface area contributed by atoms with Gasteiger partial charge in [-0.2, -0.15) is 4.98 Å². The lowest BCUT2D eigenvalue weighted by atomic mass is 9.69. The summed E-state index contributed by atoms with van der Waals surface area (Å²) in [6, 6.07) is 6.13. The van der Waals surface area contributed by atoms with Gasteiger partial charge in [-0.25, -0.2) is 4.98 Å². The van der Waals surface area contributed by atoms with Crippen LogP contribution in [0.2, 0.25) is 0 Å². The van der Waals surface area contributed by atoms with Crippen molar-refractivity contribution in [3.05, 3.63) is 47.7 Å². The molecule has 0 amide bonds. The van der Waals surface area contributed by atoms with E-state index >= 15 is 0 Å². The third-order valence-corrected chi connectivity index (χ3v) is 6.95. The van der Waals surface area contributed by atoms with Crippen LogP contribution < -0.4 is 19.3 Å². The topological polar surface area (TPSA) is 71.0 Å². The van der Waals surface area contributed by atoms with E-state index in [0.29, 0.717) is 6.42 Å². The van der Waals surface area contributed by atoms with E-state index in [1.165, 1.54) is 11.1 Å². The molecule has 31 heavy (non-hydrogen) atoms. The molecule has 0 saturated heterocycles. The van der Waals surface area contributed by atoms with E-state index < -0.39 is 6.10 Å².